The Morgan fingerprint density at radius 3 is 2.88 bits per heavy atom. The molecule has 0 aromatic carbocycles. The van der Waals surface area contributed by atoms with Crippen molar-refractivity contribution in [3.8, 4) is 5.75 Å². The van der Waals surface area contributed by atoms with Gasteiger partial charge in [0, 0.05) is 20.3 Å². The van der Waals surface area contributed by atoms with E-state index in [1.807, 2.05) is 25.7 Å². The van der Waals surface area contributed by atoms with Gasteiger partial charge in [0.15, 0.2) is 5.75 Å². The average Bonchev–Trinajstić information content (AvgIpc) is 2.66. The van der Waals surface area contributed by atoms with Gasteiger partial charge in [0.2, 0.25) is 0 Å². The first-order valence-electron chi connectivity index (χ1n) is 5.55. The molecular weight excluding hydrogens is 206 g/mol. The quantitative estimate of drug-likeness (QED) is 0.709. The fraction of sp³-hybridized carbons (Fsp3) is 0.727. The standard InChI is InChI=1S/C11H21N3O2/c1-5-16-7-6-9(12-2)11-10(15-4)8-13-14(11)3/h8-9,12H,5-7H2,1-4H3. The van der Waals surface area contributed by atoms with Crippen molar-refractivity contribution in [2.75, 3.05) is 27.4 Å². The summed E-state index contributed by atoms with van der Waals surface area (Å²) in [4.78, 5) is 0. The lowest BCUT2D eigenvalue weighted by Crippen LogP contribution is -2.21. The SMILES string of the molecule is CCOCCC(NC)c1c(OC)cnn1C. The highest BCUT2D eigenvalue weighted by atomic mass is 16.5. The van der Waals surface area contributed by atoms with Crippen molar-refractivity contribution in [1.29, 1.82) is 0 Å². The number of aromatic nitrogens is 2. The minimum absolute atomic E-state index is 0.203. The van der Waals surface area contributed by atoms with Crippen molar-refractivity contribution >= 4 is 0 Å². The van der Waals surface area contributed by atoms with Gasteiger partial charge in [-0.05, 0) is 20.4 Å². The number of ether oxygens (including phenoxy) is 2. The molecule has 1 rings (SSSR count). The molecule has 1 aromatic rings. The van der Waals surface area contributed by atoms with Crippen LogP contribution in [0.5, 0.6) is 5.75 Å². The first-order valence-corrected chi connectivity index (χ1v) is 5.55. The number of nitrogens with one attached hydrogen (secondary N) is 1. The van der Waals surface area contributed by atoms with Crippen LogP contribution in [0.4, 0.5) is 0 Å². The van der Waals surface area contributed by atoms with E-state index >= 15 is 0 Å². The zero-order valence-corrected chi connectivity index (χ0v) is 10.5. The predicted octanol–water partition coefficient (Wildman–Crippen LogP) is 1.12. The molecule has 1 atom stereocenters. The van der Waals surface area contributed by atoms with E-state index in [1.54, 1.807) is 13.3 Å². The van der Waals surface area contributed by atoms with Gasteiger partial charge in [-0.1, -0.05) is 0 Å². The molecule has 1 heterocycles. The van der Waals surface area contributed by atoms with Gasteiger partial charge in [-0.25, -0.2) is 0 Å². The number of hydrogen-bond acceptors (Lipinski definition) is 4. The van der Waals surface area contributed by atoms with Crippen LogP contribution in [0.2, 0.25) is 0 Å². The Hall–Kier alpha value is -1.07. The van der Waals surface area contributed by atoms with E-state index < -0.39 is 0 Å². The maximum absolute atomic E-state index is 5.37. The summed E-state index contributed by atoms with van der Waals surface area (Å²) in [5, 5.41) is 7.45. The highest BCUT2D eigenvalue weighted by molar-refractivity contribution is 5.28. The smallest absolute Gasteiger partial charge is 0.161 e. The second-order valence-electron chi connectivity index (χ2n) is 3.55. The molecule has 0 amide bonds. The van der Waals surface area contributed by atoms with Crippen molar-refractivity contribution in [2.24, 2.45) is 7.05 Å². The molecule has 0 bridgehead atoms. The lowest BCUT2D eigenvalue weighted by molar-refractivity contribution is 0.136. The van der Waals surface area contributed by atoms with Crippen LogP contribution in [0.3, 0.4) is 0 Å². The molecule has 0 aliphatic heterocycles. The normalized spacial score (nSPS) is 12.8. The van der Waals surface area contributed by atoms with Crippen molar-refractivity contribution in [2.45, 2.75) is 19.4 Å². The summed E-state index contributed by atoms with van der Waals surface area (Å²) in [7, 11) is 5.52. The van der Waals surface area contributed by atoms with Crippen molar-refractivity contribution < 1.29 is 9.47 Å². The Balaban J connectivity index is 2.73. The van der Waals surface area contributed by atoms with E-state index in [4.69, 9.17) is 9.47 Å². The summed E-state index contributed by atoms with van der Waals surface area (Å²) in [6.45, 7) is 3.48. The highest BCUT2D eigenvalue weighted by Crippen LogP contribution is 2.25. The predicted molar refractivity (Wildman–Crippen MR) is 62.7 cm³/mol. The molecule has 0 saturated heterocycles. The van der Waals surface area contributed by atoms with Gasteiger partial charge in [-0.15, -0.1) is 0 Å². The van der Waals surface area contributed by atoms with E-state index in [1.165, 1.54) is 0 Å². The molecule has 0 radical (unpaired) electrons. The third-order valence-corrected chi connectivity index (χ3v) is 2.60. The molecule has 0 fully saturated rings. The zero-order chi connectivity index (χ0) is 12.0. The van der Waals surface area contributed by atoms with Crippen LogP contribution in [0.15, 0.2) is 6.20 Å². The molecule has 0 aliphatic carbocycles. The molecule has 1 aromatic heterocycles. The van der Waals surface area contributed by atoms with Gasteiger partial charge in [0.25, 0.3) is 0 Å². The molecule has 0 aliphatic rings. The summed E-state index contributed by atoms with van der Waals surface area (Å²) in [6, 6.07) is 0.203. The monoisotopic (exact) mass is 227 g/mol. The Bertz CT molecular complexity index is 312. The number of nitrogens with zero attached hydrogens (tertiary/aromatic N) is 2. The molecule has 1 N–H and O–H groups in total. The second kappa shape index (κ2) is 6.50. The van der Waals surface area contributed by atoms with Gasteiger partial charge < -0.3 is 14.8 Å². The first-order chi connectivity index (χ1) is 7.74. The number of methoxy groups -OCH3 is 1. The lowest BCUT2D eigenvalue weighted by atomic mass is 10.1. The topological polar surface area (TPSA) is 48.3 Å². The van der Waals surface area contributed by atoms with Crippen molar-refractivity contribution in [3.63, 3.8) is 0 Å². The molecule has 5 heteroatoms. The summed E-state index contributed by atoms with van der Waals surface area (Å²) in [6.07, 6.45) is 2.64. The van der Waals surface area contributed by atoms with Crippen LogP contribution in [-0.4, -0.2) is 37.2 Å². The van der Waals surface area contributed by atoms with Gasteiger partial charge in [0.1, 0.15) is 0 Å². The van der Waals surface area contributed by atoms with E-state index in [-0.39, 0.29) is 6.04 Å². The number of rotatable bonds is 7. The lowest BCUT2D eigenvalue weighted by Gasteiger charge is -2.17. The third-order valence-electron chi connectivity index (χ3n) is 2.60. The fourth-order valence-corrected chi connectivity index (χ4v) is 1.74. The van der Waals surface area contributed by atoms with Crippen LogP contribution < -0.4 is 10.1 Å². The molecule has 0 saturated carbocycles. The summed E-state index contributed by atoms with van der Waals surface area (Å²) >= 11 is 0. The van der Waals surface area contributed by atoms with Crippen molar-refractivity contribution in [1.82, 2.24) is 15.1 Å². The van der Waals surface area contributed by atoms with Crippen LogP contribution >= 0.6 is 0 Å². The Morgan fingerprint density at radius 1 is 1.56 bits per heavy atom. The summed E-state index contributed by atoms with van der Waals surface area (Å²) in [5.41, 5.74) is 1.06. The summed E-state index contributed by atoms with van der Waals surface area (Å²) in [5.74, 6) is 0.818. The molecule has 5 nitrogen and oxygen atoms in total. The van der Waals surface area contributed by atoms with Gasteiger partial charge in [-0.3, -0.25) is 4.68 Å². The molecule has 16 heavy (non-hydrogen) atoms. The summed E-state index contributed by atoms with van der Waals surface area (Å²) < 4.78 is 12.5. The average molecular weight is 227 g/mol. The maximum atomic E-state index is 5.37. The van der Waals surface area contributed by atoms with Crippen LogP contribution in [0.25, 0.3) is 0 Å². The number of aryl methyl sites for hydroxylation is 1. The fourth-order valence-electron chi connectivity index (χ4n) is 1.74. The van der Waals surface area contributed by atoms with E-state index in [9.17, 15) is 0 Å². The molecular formula is C11H21N3O2. The van der Waals surface area contributed by atoms with Crippen LogP contribution in [0, 0.1) is 0 Å². The van der Waals surface area contributed by atoms with Gasteiger partial charge in [0.05, 0.1) is 25.0 Å². The molecule has 1 unspecified atom stereocenters. The Kier molecular flexibility index (Phi) is 5.28. The number of hydrogen-bond donors (Lipinski definition) is 1. The Labute approximate surface area is 96.7 Å². The molecule has 92 valence electrons. The van der Waals surface area contributed by atoms with E-state index in [0.29, 0.717) is 0 Å². The maximum Gasteiger partial charge on any atom is 0.161 e. The zero-order valence-electron chi connectivity index (χ0n) is 10.5. The van der Waals surface area contributed by atoms with Crippen LogP contribution in [0.1, 0.15) is 25.1 Å². The van der Waals surface area contributed by atoms with Crippen molar-refractivity contribution in [3.05, 3.63) is 11.9 Å². The molecule has 0 spiro atoms. The van der Waals surface area contributed by atoms with Gasteiger partial charge in [-0.2, -0.15) is 5.10 Å². The van der Waals surface area contributed by atoms with E-state index in [0.717, 1.165) is 31.1 Å². The first kappa shape index (κ1) is 13.0. The minimum Gasteiger partial charge on any atom is -0.493 e. The highest BCUT2D eigenvalue weighted by Gasteiger charge is 2.18. The van der Waals surface area contributed by atoms with Gasteiger partial charge >= 0.3 is 0 Å². The second-order valence-corrected chi connectivity index (χ2v) is 3.55. The third kappa shape index (κ3) is 2.96. The van der Waals surface area contributed by atoms with Crippen LogP contribution in [-0.2, 0) is 11.8 Å². The Morgan fingerprint density at radius 2 is 2.31 bits per heavy atom. The van der Waals surface area contributed by atoms with E-state index in [2.05, 4.69) is 10.4 Å². The minimum atomic E-state index is 0.203. The largest absolute Gasteiger partial charge is 0.493 e.